The fourth-order valence-corrected chi connectivity index (χ4v) is 4.31. The Labute approximate surface area is 203 Å². The van der Waals surface area contributed by atoms with E-state index in [2.05, 4.69) is 15.7 Å². The first-order chi connectivity index (χ1) is 16.1. The predicted molar refractivity (Wildman–Crippen MR) is 125 cm³/mol. The van der Waals surface area contributed by atoms with E-state index in [0.29, 0.717) is 15.8 Å². The molecule has 0 radical (unpaired) electrons. The Balaban J connectivity index is 1.65. The summed E-state index contributed by atoms with van der Waals surface area (Å²) in [5.74, 6) is -1.41. The topological polar surface area (TPSA) is 104 Å². The van der Waals surface area contributed by atoms with Gasteiger partial charge in [0.2, 0.25) is 5.91 Å². The van der Waals surface area contributed by atoms with Gasteiger partial charge in [-0.05, 0) is 43.2 Å². The number of fused-ring (bicyclic) bond motifs is 1. The van der Waals surface area contributed by atoms with Crippen LogP contribution in [0, 0.1) is 11.6 Å². The molecule has 1 aromatic heterocycles. The first kappa shape index (κ1) is 25.8. The zero-order chi connectivity index (χ0) is 24.8. The van der Waals surface area contributed by atoms with E-state index < -0.39 is 35.8 Å². The molecule has 2 amide bonds. The van der Waals surface area contributed by atoms with Crippen molar-refractivity contribution < 1.29 is 28.2 Å². The smallest absolute Gasteiger partial charge is 0.413 e. The molecule has 0 fully saturated rings. The molecule has 3 N–H and O–H groups in total. The highest BCUT2D eigenvalue weighted by Gasteiger charge is 2.25. The number of halogens is 3. The lowest BCUT2D eigenvalue weighted by atomic mass is 10.1. The fourth-order valence-electron chi connectivity index (χ4n) is 3.24. The zero-order valence-corrected chi connectivity index (χ0v) is 19.9. The van der Waals surface area contributed by atoms with Crippen LogP contribution in [-0.4, -0.2) is 45.9 Å². The van der Waals surface area contributed by atoms with E-state index in [4.69, 9.17) is 16.3 Å². The van der Waals surface area contributed by atoms with Gasteiger partial charge in [0.1, 0.15) is 18.2 Å². The molecule has 0 spiro atoms. The Morgan fingerprint density at radius 3 is 2.76 bits per heavy atom. The van der Waals surface area contributed by atoms with Gasteiger partial charge in [-0.15, -0.1) is 0 Å². The molecule has 0 aliphatic heterocycles. The molecular weight excluding hydrogens is 490 g/mol. The fraction of sp³-hybridized carbons (Fsp3) is 0.318. The number of nitrogens with zero attached hydrogens (tertiary/aromatic N) is 2. The maximum absolute atomic E-state index is 13.7. The molecule has 1 heterocycles. The Hall–Kier alpha value is -2.86. The predicted octanol–water partition coefficient (Wildman–Crippen LogP) is 4.47. The average molecular weight is 513 g/mol. The van der Waals surface area contributed by atoms with Crippen molar-refractivity contribution in [3.63, 3.8) is 0 Å². The van der Waals surface area contributed by atoms with Crippen molar-refractivity contribution in [3.8, 4) is 0 Å². The number of hydrogen-bond donors (Lipinski definition) is 3. The molecule has 0 saturated heterocycles. The van der Waals surface area contributed by atoms with Crippen LogP contribution in [0.25, 0.3) is 10.2 Å². The van der Waals surface area contributed by atoms with Gasteiger partial charge in [0.05, 0.1) is 27.4 Å². The number of amides is 2. The minimum atomic E-state index is -0.827. The van der Waals surface area contributed by atoms with Crippen molar-refractivity contribution >= 4 is 50.3 Å². The van der Waals surface area contributed by atoms with Crippen LogP contribution in [0.5, 0.6) is 0 Å². The van der Waals surface area contributed by atoms with Crippen molar-refractivity contribution in [3.05, 3.63) is 58.6 Å². The van der Waals surface area contributed by atoms with E-state index in [1.54, 1.807) is 6.07 Å². The Bertz CT molecular complexity index is 1180. The molecule has 0 bridgehead atoms. The van der Waals surface area contributed by atoms with E-state index in [1.165, 1.54) is 49.2 Å². The normalized spacial score (nSPS) is 12.9. The monoisotopic (exact) mass is 512 g/mol. The highest BCUT2D eigenvalue weighted by molar-refractivity contribution is 7.22. The van der Waals surface area contributed by atoms with Gasteiger partial charge in [-0.3, -0.25) is 15.1 Å². The molecule has 2 atom stereocenters. The van der Waals surface area contributed by atoms with Crippen molar-refractivity contribution in [1.29, 1.82) is 0 Å². The number of nitrogens with one attached hydrogen (secondary N) is 2. The number of thiazole rings is 1. The van der Waals surface area contributed by atoms with Gasteiger partial charge in [0, 0.05) is 13.5 Å². The number of hydrogen-bond acceptors (Lipinski definition) is 7. The quantitative estimate of drug-likeness (QED) is 0.365. The molecule has 3 aromatic rings. The lowest BCUT2D eigenvalue weighted by Gasteiger charge is -2.32. The van der Waals surface area contributed by atoms with Gasteiger partial charge in [0.15, 0.2) is 5.13 Å². The number of aliphatic hydroxyl groups excluding tert-OH is 1. The molecule has 8 nitrogen and oxygen atoms in total. The molecule has 0 aliphatic rings. The molecule has 182 valence electrons. The Morgan fingerprint density at radius 2 is 2.06 bits per heavy atom. The third-order valence-corrected chi connectivity index (χ3v) is 6.11. The van der Waals surface area contributed by atoms with Crippen LogP contribution in [0.1, 0.15) is 25.8 Å². The molecular formula is C22H23ClF2N4O4S. The number of aromatic nitrogens is 1. The first-order valence-corrected chi connectivity index (χ1v) is 11.5. The minimum Gasteiger partial charge on any atom is -0.447 e. The number of carbonyl (C=O) groups excluding carboxylic acids is 2. The summed E-state index contributed by atoms with van der Waals surface area (Å²) in [5, 5.41) is 13.7. The number of carbonyl (C=O) groups is 2. The van der Waals surface area contributed by atoms with Gasteiger partial charge in [-0.2, -0.15) is 0 Å². The van der Waals surface area contributed by atoms with Crippen LogP contribution in [0.4, 0.5) is 18.7 Å². The second-order valence-corrected chi connectivity index (χ2v) is 8.94. The highest BCUT2D eigenvalue weighted by atomic mass is 35.5. The number of aliphatic hydroxyl groups is 1. The number of anilines is 1. The standard InChI is InChI=1S/C22H23ClF2N4O4S/c1-12(30)8-16(29(13(2)31)26-10-14-4-3-5-17(25)20(14)23)11-33-22(32)28-21-27-18-7-6-15(24)9-19(18)34-21/h3-7,9,12,16,26,30H,8,10-11H2,1-2H3,(H,27,28,32)/t12-,16+/m1/s1. The van der Waals surface area contributed by atoms with Gasteiger partial charge < -0.3 is 9.84 Å². The third kappa shape index (κ3) is 6.83. The third-order valence-electron chi connectivity index (χ3n) is 4.76. The van der Waals surface area contributed by atoms with Crippen LogP contribution in [0.3, 0.4) is 0 Å². The van der Waals surface area contributed by atoms with E-state index in [0.717, 1.165) is 11.3 Å². The number of ether oxygens (including phenoxy) is 1. The molecule has 34 heavy (non-hydrogen) atoms. The van der Waals surface area contributed by atoms with Gasteiger partial charge in [-0.25, -0.2) is 24.0 Å². The molecule has 0 aliphatic carbocycles. The summed E-state index contributed by atoms with van der Waals surface area (Å²) in [5.41, 5.74) is 3.82. The van der Waals surface area contributed by atoms with Crippen LogP contribution in [-0.2, 0) is 16.1 Å². The van der Waals surface area contributed by atoms with Crippen LogP contribution in [0.2, 0.25) is 5.02 Å². The zero-order valence-electron chi connectivity index (χ0n) is 18.3. The van der Waals surface area contributed by atoms with Crippen LogP contribution >= 0.6 is 22.9 Å². The van der Waals surface area contributed by atoms with E-state index in [9.17, 15) is 23.5 Å². The molecule has 3 rings (SSSR count). The molecule has 0 saturated carbocycles. The summed E-state index contributed by atoms with van der Waals surface area (Å²) in [6.45, 7) is 2.62. The number of hydrazine groups is 1. The van der Waals surface area contributed by atoms with E-state index in [1.807, 2.05) is 0 Å². The second kappa shape index (κ2) is 11.5. The second-order valence-electron chi connectivity index (χ2n) is 7.53. The maximum Gasteiger partial charge on any atom is 0.413 e. The van der Waals surface area contributed by atoms with Crippen molar-refractivity contribution in [2.45, 2.75) is 39.0 Å². The number of benzene rings is 2. The van der Waals surface area contributed by atoms with Crippen LogP contribution in [0.15, 0.2) is 36.4 Å². The SMILES string of the molecule is CC(=O)N(NCc1cccc(F)c1Cl)[C@H](COC(=O)Nc1nc2ccc(F)cc2s1)C[C@@H](C)O. The summed E-state index contributed by atoms with van der Waals surface area (Å²) >= 11 is 7.06. The largest absolute Gasteiger partial charge is 0.447 e. The minimum absolute atomic E-state index is 0.0287. The maximum atomic E-state index is 13.7. The summed E-state index contributed by atoms with van der Waals surface area (Å²) in [6, 6.07) is 7.66. The molecule has 12 heteroatoms. The summed E-state index contributed by atoms with van der Waals surface area (Å²) < 4.78 is 32.9. The first-order valence-electron chi connectivity index (χ1n) is 10.3. The molecule has 2 aromatic carbocycles. The van der Waals surface area contributed by atoms with Gasteiger partial charge in [-0.1, -0.05) is 35.1 Å². The van der Waals surface area contributed by atoms with Gasteiger partial charge in [0.25, 0.3) is 0 Å². The summed E-state index contributed by atoms with van der Waals surface area (Å²) in [4.78, 5) is 28.8. The van der Waals surface area contributed by atoms with E-state index in [-0.39, 0.29) is 29.7 Å². The van der Waals surface area contributed by atoms with Crippen LogP contribution < -0.4 is 10.7 Å². The lowest BCUT2D eigenvalue weighted by Crippen LogP contribution is -2.51. The highest BCUT2D eigenvalue weighted by Crippen LogP contribution is 2.26. The van der Waals surface area contributed by atoms with E-state index >= 15 is 0 Å². The number of rotatable bonds is 9. The summed E-state index contributed by atoms with van der Waals surface area (Å²) in [6.07, 6.45) is -1.54. The van der Waals surface area contributed by atoms with Crippen molar-refractivity contribution in [2.24, 2.45) is 0 Å². The van der Waals surface area contributed by atoms with Crippen molar-refractivity contribution in [2.75, 3.05) is 11.9 Å². The summed E-state index contributed by atoms with van der Waals surface area (Å²) in [7, 11) is 0. The Kier molecular flexibility index (Phi) is 8.72. The lowest BCUT2D eigenvalue weighted by molar-refractivity contribution is -0.137. The van der Waals surface area contributed by atoms with Gasteiger partial charge >= 0.3 is 6.09 Å². The van der Waals surface area contributed by atoms with Crippen molar-refractivity contribution in [1.82, 2.24) is 15.4 Å². The molecule has 0 unspecified atom stereocenters. The average Bonchev–Trinajstić information content (AvgIpc) is 3.15. The Morgan fingerprint density at radius 1 is 1.29 bits per heavy atom.